The summed E-state index contributed by atoms with van der Waals surface area (Å²) in [5.74, 6) is -0.0489. The summed E-state index contributed by atoms with van der Waals surface area (Å²) in [6.07, 6.45) is -4.34. The predicted molar refractivity (Wildman–Crippen MR) is 64.2 cm³/mol. The summed E-state index contributed by atoms with van der Waals surface area (Å²) in [6, 6.07) is 5.09. The SMILES string of the molecule is COC(=O)C(C)SCc1cccc(C(F)(F)F)c1. The van der Waals surface area contributed by atoms with Crippen LogP contribution in [-0.2, 0) is 21.5 Å². The van der Waals surface area contributed by atoms with E-state index in [-0.39, 0.29) is 5.97 Å². The van der Waals surface area contributed by atoms with Gasteiger partial charge in [0.15, 0.2) is 0 Å². The first-order chi connectivity index (χ1) is 8.34. The molecule has 1 atom stereocenters. The van der Waals surface area contributed by atoms with Gasteiger partial charge in [-0.2, -0.15) is 13.2 Å². The lowest BCUT2D eigenvalue weighted by atomic mass is 10.1. The topological polar surface area (TPSA) is 26.3 Å². The van der Waals surface area contributed by atoms with Crippen LogP contribution in [0.2, 0.25) is 0 Å². The number of benzene rings is 1. The van der Waals surface area contributed by atoms with E-state index in [0.29, 0.717) is 11.3 Å². The van der Waals surface area contributed by atoms with Crippen LogP contribution in [-0.4, -0.2) is 18.3 Å². The number of hydrogen-bond donors (Lipinski definition) is 0. The quantitative estimate of drug-likeness (QED) is 0.788. The van der Waals surface area contributed by atoms with Gasteiger partial charge in [-0.3, -0.25) is 4.79 Å². The van der Waals surface area contributed by atoms with Crippen LogP contribution in [0.5, 0.6) is 0 Å². The van der Waals surface area contributed by atoms with Gasteiger partial charge in [0, 0.05) is 5.75 Å². The number of hydrogen-bond acceptors (Lipinski definition) is 3. The second-order valence-corrected chi connectivity index (χ2v) is 5.00. The molecule has 0 aliphatic heterocycles. The molecule has 6 heteroatoms. The van der Waals surface area contributed by atoms with E-state index in [1.165, 1.54) is 24.9 Å². The second-order valence-electron chi connectivity index (χ2n) is 3.67. The second kappa shape index (κ2) is 6.13. The minimum atomic E-state index is -4.34. The molecule has 1 aromatic rings. The van der Waals surface area contributed by atoms with Crippen LogP contribution in [0.1, 0.15) is 18.1 Å². The molecule has 0 bridgehead atoms. The Hall–Kier alpha value is -1.17. The van der Waals surface area contributed by atoms with Gasteiger partial charge < -0.3 is 4.74 Å². The van der Waals surface area contributed by atoms with Crippen molar-refractivity contribution in [3.63, 3.8) is 0 Å². The lowest BCUT2D eigenvalue weighted by molar-refractivity contribution is -0.139. The molecule has 100 valence electrons. The number of rotatable bonds is 4. The molecule has 0 amide bonds. The molecule has 1 aromatic carbocycles. The number of thioether (sulfide) groups is 1. The lowest BCUT2D eigenvalue weighted by Crippen LogP contribution is -2.15. The van der Waals surface area contributed by atoms with Crippen molar-refractivity contribution in [3.8, 4) is 0 Å². The molecule has 0 fully saturated rings. The van der Waals surface area contributed by atoms with Gasteiger partial charge in [0.1, 0.15) is 0 Å². The lowest BCUT2D eigenvalue weighted by Gasteiger charge is -2.11. The first-order valence-corrected chi connectivity index (χ1v) is 6.25. The fraction of sp³-hybridized carbons (Fsp3) is 0.417. The zero-order valence-electron chi connectivity index (χ0n) is 9.95. The maximum Gasteiger partial charge on any atom is 0.416 e. The predicted octanol–water partition coefficient (Wildman–Crippen LogP) is 3.50. The zero-order chi connectivity index (χ0) is 13.8. The molecule has 0 heterocycles. The maximum absolute atomic E-state index is 12.5. The molecule has 1 unspecified atom stereocenters. The fourth-order valence-electron chi connectivity index (χ4n) is 1.29. The highest BCUT2D eigenvalue weighted by molar-refractivity contribution is 7.99. The van der Waals surface area contributed by atoms with Gasteiger partial charge in [-0.05, 0) is 18.6 Å². The minimum absolute atomic E-state index is 0.334. The maximum atomic E-state index is 12.5. The number of carbonyl (C=O) groups is 1. The third-order valence-corrected chi connectivity index (χ3v) is 3.48. The summed E-state index contributed by atoms with van der Waals surface area (Å²) in [5, 5.41) is -0.399. The van der Waals surface area contributed by atoms with Crippen LogP contribution in [0.25, 0.3) is 0 Å². The van der Waals surface area contributed by atoms with Gasteiger partial charge in [-0.15, -0.1) is 11.8 Å². The molecule has 0 aliphatic rings. The molecule has 0 radical (unpaired) electrons. The van der Waals surface area contributed by atoms with E-state index in [2.05, 4.69) is 4.74 Å². The van der Waals surface area contributed by atoms with Crippen LogP contribution in [0, 0.1) is 0 Å². The van der Waals surface area contributed by atoms with Crippen molar-refractivity contribution in [2.45, 2.75) is 24.1 Å². The van der Waals surface area contributed by atoms with Crippen molar-refractivity contribution >= 4 is 17.7 Å². The van der Waals surface area contributed by atoms with Crippen LogP contribution in [0.3, 0.4) is 0 Å². The van der Waals surface area contributed by atoms with Gasteiger partial charge in [-0.1, -0.05) is 18.2 Å². The largest absolute Gasteiger partial charge is 0.468 e. The average molecular weight is 278 g/mol. The number of halogens is 3. The highest BCUT2D eigenvalue weighted by Gasteiger charge is 2.30. The summed E-state index contributed by atoms with van der Waals surface area (Å²) >= 11 is 1.24. The molecule has 0 N–H and O–H groups in total. The van der Waals surface area contributed by atoms with Crippen molar-refractivity contribution < 1.29 is 22.7 Å². The highest BCUT2D eigenvalue weighted by atomic mass is 32.2. The van der Waals surface area contributed by atoms with Gasteiger partial charge >= 0.3 is 12.1 Å². The van der Waals surface area contributed by atoms with E-state index in [1.54, 1.807) is 13.0 Å². The number of carbonyl (C=O) groups excluding carboxylic acids is 1. The van der Waals surface area contributed by atoms with Crippen LogP contribution in [0.15, 0.2) is 24.3 Å². The van der Waals surface area contributed by atoms with E-state index in [4.69, 9.17) is 0 Å². The molecule has 18 heavy (non-hydrogen) atoms. The highest BCUT2D eigenvalue weighted by Crippen LogP contribution is 2.30. The molecule has 0 saturated carbocycles. The Morgan fingerprint density at radius 1 is 1.44 bits per heavy atom. The van der Waals surface area contributed by atoms with E-state index in [9.17, 15) is 18.0 Å². The van der Waals surface area contributed by atoms with Crippen molar-refractivity contribution in [1.29, 1.82) is 0 Å². The van der Waals surface area contributed by atoms with Crippen molar-refractivity contribution in [3.05, 3.63) is 35.4 Å². The monoisotopic (exact) mass is 278 g/mol. The minimum Gasteiger partial charge on any atom is -0.468 e. The van der Waals surface area contributed by atoms with Crippen molar-refractivity contribution in [1.82, 2.24) is 0 Å². The van der Waals surface area contributed by atoms with E-state index < -0.39 is 17.0 Å². The van der Waals surface area contributed by atoms with Crippen molar-refractivity contribution in [2.75, 3.05) is 7.11 Å². The van der Waals surface area contributed by atoms with Gasteiger partial charge in [0.2, 0.25) is 0 Å². The number of methoxy groups -OCH3 is 1. The van der Waals surface area contributed by atoms with Gasteiger partial charge in [-0.25, -0.2) is 0 Å². The van der Waals surface area contributed by atoms with Gasteiger partial charge in [0.25, 0.3) is 0 Å². The van der Waals surface area contributed by atoms with E-state index in [0.717, 1.165) is 12.1 Å². The zero-order valence-corrected chi connectivity index (χ0v) is 10.8. The summed E-state index contributed by atoms with van der Waals surface area (Å²) in [7, 11) is 1.28. The summed E-state index contributed by atoms with van der Waals surface area (Å²) in [4.78, 5) is 11.1. The molecular formula is C12H13F3O2S. The molecule has 2 nitrogen and oxygen atoms in total. The average Bonchev–Trinajstić information content (AvgIpc) is 2.34. The summed E-state index contributed by atoms with van der Waals surface area (Å²) < 4.78 is 41.9. The Labute approximate surface area is 108 Å². The Balaban J connectivity index is 2.66. The molecule has 0 spiro atoms. The Morgan fingerprint density at radius 3 is 2.67 bits per heavy atom. The molecule has 0 saturated heterocycles. The summed E-state index contributed by atoms with van der Waals surface area (Å²) in [5.41, 5.74) is -0.142. The Bertz CT molecular complexity index is 418. The molecule has 0 aromatic heterocycles. The Morgan fingerprint density at radius 2 is 2.11 bits per heavy atom. The number of esters is 1. The standard InChI is InChI=1S/C12H13F3O2S/c1-8(11(16)17-2)18-7-9-4-3-5-10(6-9)12(13,14)15/h3-6,8H,7H2,1-2H3. The smallest absolute Gasteiger partial charge is 0.416 e. The third kappa shape index (κ3) is 4.25. The molecule has 1 rings (SSSR count). The van der Waals surface area contributed by atoms with E-state index in [1.807, 2.05) is 0 Å². The fourth-order valence-corrected chi connectivity index (χ4v) is 2.15. The molecular weight excluding hydrogens is 265 g/mol. The van der Waals surface area contributed by atoms with Gasteiger partial charge in [0.05, 0.1) is 17.9 Å². The van der Waals surface area contributed by atoms with Crippen LogP contribution in [0.4, 0.5) is 13.2 Å². The van der Waals surface area contributed by atoms with Crippen molar-refractivity contribution in [2.24, 2.45) is 0 Å². The number of alkyl halides is 3. The molecule has 0 aliphatic carbocycles. The first-order valence-electron chi connectivity index (χ1n) is 5.20. The third-order valence-electron chi connectivity index (χ3n) is 2.29. The normalized spacial score (nSPS) is 13.2. The number of ether oxygens (including phenoxy) is 1. The summed E-state index contributed by atoms with van der Waals surface area (Å²) in [6.45, 7) is 1.66. The van der Waals surface area contributed by atoms with Crippen LogP contribution >= 0.6 is 11.8 Å². The Kier molecular flexibility index (Phi) is 5.07. The first kappa shape index (κ1) is 14.9. The van der Waals surface area contributed by atoms with E-state index >= 15 is 0 Å². The van der Waals surface area contributed by atoms with Crippen LogP contribution < -0.4 is 0 Å².